The maximum absolute atomic E-state index is 12.7. The highest BCUT2D eigenvalue weighted by molar-refractivity contribution is 6.08. The van der Waals surface area contributed by atoms with Gasteiger partial charge in [-0.2, -0.15) is 0 Å². The number of aryl methyl sites for hydroxylation is 1. The van der Waals surface area contributed by atoms with Crippen LogP contribution >= 0.6 is 0 Å². The smallest absolute Gasteiger partial charge is 0.275 e. The predicted molar refractivity (Wildman–Crippen MR) is 119 cm³/mol. The summed E-state index contributed by atoms with van der Waals surface area (Å²) in [5.74, 6) is -2.20. The summed E-state index contributed by atoms with van der Waals surface area (Å²) in [5.41, 5.74) is 4.58. The first-order chi connectivity index (χ1) is 15.2. The third-order valence-corrected chi connectivity index (χ3v) is 5.11. The number of hydrogen-bond acceptors (Lipinski definition) is 5. The van der Waals surface area contributed by atoms with Crippen LogP contribution in [0.2, 0.25) is 0 Å². The van der Waals surface area contributed by atoms with Crippen molar-refractivity contribution in [3.8, 4) is 11.1 Å². The molecule has 9 heteroatoms. The fourth-order valence-corrected chi connectivity index (χ4v) is 3.13. The van der Waals surface area contributed by atoms with Gasteiger partial charge in [-0.3, -0.25) is 24.4 Å². The number of likely N-dealkylation sites (N-methyl/N-ethyl adjacent to an activating group) is 2. The third kappa shape index (κ3) is 5.92. The van der Waals surface area contributed by atoms with Crippen LogP contribution in [-0.2, 0) is 20.8 Å². The lowest BCUT2D eigenvalue weighted by molar-refractivity contribution is -0.140. The standard InChI is InChI=1S/C23H28N4O5/c1-24-21(29)20(22(30)25-32)27(4)23(31)18-12-10-17(11-13-18)16-8-5-15(6-9-16)7-14-19(28)26(2)3/h5-6,8-13,20,32H,7,14H2,1-4H3,(H,24,29)(H,25,30). The topological polar surface area (TPSA) is 119 Å². The van der Waals surface area contributed by atoms with E-state index in [4.69, 9.17) is 5.21 Å². The van der Waals surface area contributed by atoms with Crippen molar-refractivity contribution in [2.45, 2.75) is 18.9 Å². The van der Waals surface area contributed by atoms with Gasteiger partial charge in [0.2, 0.25) is 5.91 Å². The monoisotopic (exact) mass is 440 g/mol. The van der Waals surface area contributed by atoms with Crippen LogP contribution in [0.25, 0.3) is 11.1 Å². The minimum Gasteiger partial charge on any atom is -0.357 e. The summed E-state index contributed by atoms with van der Waals surface area (Å²) < 4.78 is 0. The SMILES string of the molecule is CNC(=O)C(C(=O)NO)N(C)C(=O)c1ccc(-c2ccc(CCC(=O)N(C)C)cc2)cc1. The van der Waals surface area contributed by atoms with E-state index in [0.717, 1.165) is 21.6 Å². The second-order valence-electron chi connectivity index (χ2n) is 7.47. The van der Waals surface area contributed by atoms with Gasteiger partial charge in [-0.15, -0.1) is 0 Å². The number of benzene rings is 2. The molecule has 2 aromatic carbocycles. The molecule has 32 heavy (non-hydrogen) atoms. The molecule has 0 aliphatic carbocycles. The average molecular weight is 441 g/mol. The molecule has 4 amide bonds. The number of nitrogens with zero attached hydrogens (tertiary/aromatic N) is 2. The van der Waals surface area contributed by atoms with Crippen molar-refractivity contribution in [1.29, 1.82) is 0 Å². The molecule has 0 aromatic heterocycles. The van der Waals surface area contributed by atoms with E-state index in [9.17, 15) is 19.2 Å². The second kappa shape index (κ2) is 11.1. The molecule has 9 nitrogen and oxygen atoms in total. The molecule has 0 radical (unpaired) electrons. The Labute approximate surface area is 187 Å². The molecule has 0 bridgehead atoms. The van der Waals surface area contributed by atoms with Gasteiger partial charge < -0.3 is 15.1 Å². The molecule has 0 fully saturated rings. The maximum Gasteiger partial charge on any atom is 0.275 e. The van der Waals surface area contributed by atoms with Gasteiger partial charge in [0, 0.05) is 40.2 Å². The van der Waals surface area contributed by atoms with Gasteiger partial charge in [0.05, 0.1) is 0 Å². The Morgan fingerprint density at radius 2 is 1.41 bits per heavy atom. The number of carbonyl (C=O) groups is 4. The molecule has 2 aromatic rings. The molecule has 0 spiro atoms. The minimum absolute atomic E-state index is 0.0782. The zero-order valence-electron chi connectivity index (χ0n) is 18.6. The average Bonchev–Trinajstić information content (AvgIpc) is 2.82. The highest BCUT2D eigenvalue weighted by Crippen LogP contribution is 2.21. The molecule has 0 heterocycles. The van der Waals surface area contributed by atoms with Crippen LogP contribution in [0, 0.1) is 0 Å². The summed E-state index contributed by atoms with van der Waals surface area (Å²) in [6, 6.07) is 13.1. The van der Waals surface area contributed by atoms with Crippen molar-refractivity contribution < 1.29 is 24.4 Å². The zero-order chi connectivity index (χ0) is 23.8. The minimum atomic E-state index is -1.51. The van der Waals surface area contributed by atoms with Gasteiger partial charge in [-0.05, 0) is 35.2 Å². The van der Waals surface area contributed by atoms with Crippen molar-refractivity contribution in [3.05, 3.63) is 59.7 Å². The first kappa shape index (κ1) is 24.5. The largest absolute Gasteiger partial charge is 0.357 e. The normalized spacial score (nSPS) is 11.3. The fourth-order valence-electron chi connectivity index (χ4n) is 3.13. The molecular weight excluding hydrogens is 412 g/mol. The number of hydrogen-bond donors (Lipinski definition) is 3. The fraction of sp³-hybridized carbons (Fsp3) is 0.304. The Balaban J connectivity index is 2.12. The highest BCUT2D eigenvalue weighted by Gasteiger charge is 2.33. The Morgan fingerprint density at radius 3 is 1.88 bits per heavy atom. The number of nitrogens with one attached hydrogen (secondary N) is 2. The van der Waals surface area contributed by atoms with Gasteiger partial charge >= 0.3 is 0 Å². The molecular formula is C23H28N4O5. The summed E-state index contributed by atoms with van der Waals surface area (Å²) in [4.78, 5) is 50.8. The molecule has 2 rings (SSSR count). The summed E-state index contributed by atoms with van der Waals surface area (Å²) in [7, 11) is 6.11. The Kier molecular flexibility index (Phi) is 8.48. The summed E-state index contributed by atoms with van der Waals surface area (Å²) in [6.45, 7) is 0. The molecule has 1 unspecified atom stereocenters. The van der Waals surface area contributed by atoms with Crippen molar-refractivity contribution in [1.82, 2.24) is 20.6 Å². The maximum atomic E-state index is 12.7. The van der Waals surface area contributed by atoms with Gasteiger partial charge in [-0.1, -0.05) is 36.4 Å². The van der Waals surface area contributed by atoms with Crippen molar-refractivity contribution >= 4 is 23.6 Å². The highest BCUT2D eigenvalue weighted by atomic mass is 16.5. The Morgan fingerprint density at radius 1 is 0.875 bits per heavy atom. The first-order valence-corrected chi connectivity index (χ1v) is 10.0. The molecule has 170 valence electrons. The van der Waals surface area contributed by atoms with Gasteiger partial charge in [0.25, 0.3) is 17.7 Å². The van der Waals surface area contributed by atoms with E-state index in [1.165, 1.54) is 19.6 Å². The van der Waals surface area contributed by atoms with E-state index >= 15 is 0 Å². The molecule has 0 aliphatic rings. The molecule has 0 aliphatic heterocycles. The number of amides is 4. The van der Waals surface area contributed by atoms with Crippen molar-refractivity contribution in [3.63, 3.8) is 0 Å². The predicted octanol–water partition coefficient (Wildman–Crippen LogP) is 1.07. The van der Waals surface area contributed by atoms with Gasteiger partial charge in [-0.25, -0.2) is 5.48 Å². The summed E-state index contributed by atoms with van der Waals surface area (Å²) in [5, 5.41) is 11.2. The molecule has 0 saturated carbocycles. The van der Waals surface area contributed by atoms with Crippen molar-refractivity contribution in [2.24, 2.45) is 0 Å². The number of rotatable bonds is 8. The van der Waals surface area contributed by atoms with Gasteiger partial charge in [0.15, 0.2) is 6.04 Å². The van der Waals surface area contributed by atoms with E-state index in [0.29, 0.717) is 12.8 Å². The van der Waals surface area contributed by atoms with Gasteiger partial charge in [0.1, 0.15) is 0 Å². The van der Waals surface area contributed by atoms with Crippen molar-refractivity contribution in [2.75, 3.05) is 28.2 Å². The molecule has 0 saturated heterocycles. The lowest BCUT2D eigenvalue weighted by atomic mass is 10.0. The van der Waals surface area contributed by atoms with Crippen LogP contribution in [0.4, 0.5) is 0 Å². The third-order valence-electron chi connectivity index (χ3n) is 5.11. The first-order valence-electron chi connectivity index (χ1n) is 10.0. The summed E-state index contributed by atoms with van der Waals surface area (Å²) in [6.07, 6.45) is 1.10. The van der Waals surface area contributed by atoms with Crippen LogP contribution in [0.1, 0.15) is 22.3 Å². The van der Waals surface area contributed by atoms with E-state index in [1.807, 2.05) is 24.3 Å². The van der Waals surface area contributed by atoms with Crippen LogP contribution in [0.5, 0.6) is 0 Å². The molecule has 1 atom stereocenters. The van der Waals surface area contributed by atoms with E-state index in [2.05, 4.69) is 5.32 Å². The Bertz CT molecular complexity index is 955. The number of hydroxylamine groups is 1. The zero-order valence-corrected chi connectivity index (χ0v) is 18.6. The second-order valence-corrected chi connectivity index (χ2v) is 7.47. The van der Waals surface area contributed by atoms with E-state index in [1.54, 1.807) is 43.3 Å². The van der Waals surface area contributed by atoms with Crippen LogP contribution < -0.4 is 10.8 Å². The lowest BCUT2D eigenvalue weighted by Gasteiger charge is -2.25. The summed E-state index contributed by atoms with van der Waals surface area (Å²) >= 11 is 0. The van der Waals surface area contributed by atoms with E-state index in [-0.39, 0.29) is 11.5 Å². The van der Waals surface area contributed by atoms with Crippen LogP contribution in [-0.4, -0.2) is 72.9 Å². The van der Waals surface area contributed by atoms with Crippen LogP contribution in [0.3, 0.4) is 0 Å². The quantitative estimate of drug-likeness (QED) is 0.322. The number of carbonyl (C=O) groups excluding carboxylic acids is 4. The van der Waals surface area contributed by atoms with E-state index < -0.39 is 23.8 Å². The van der Waals surface area contributed by atoms with Crippen LogP contribution in [0.15, 0.2) is 48.5 Å². The Hall–Kier alpha value is -3.72. The molecule has 3 N–H and O–H groups in total. The lowest BCUT2D eigenvalue weighted by Crippen LogP contribution is -2.54.